The highest BCUT2D eigenvalue weighted by Crippen LogP contribution is 2.12. The van der Waals surface area contributed by atoms with Crippen molar-refractivity contribution in [2.24, 2.45) is 0 Å². The largest absolute Gasteiger partial charge is 0.328 e. The fourth-order valence-corrected chi connectivity index (χ4v) is 1.69. The first-order valence-electron chi connectivity index (χ1n) is 5.72. The molecule has 1 heterocycles. The van der Waals surface area contributed by atoms with E-state index >= 15 is 0 Å². The normalized spacial score (nSPS) is 10.9. The lowest BCUT2D eigenvalue weighted by molar-refractivity contribution is 0.737. The molecular formula is C14H14N2O2. The molecule has 4 nitrogen and oxygen atoms in total. The summed E-state index contributed by atoms with van der Waals surface area (Å²) in [5.74, 6) is 0. The van der Waals surface area contributed by atoms with E-state index in [4.69, 9.17) is 0 Å². The van der Waals surface area contributed by atoms with Gasteiger partial charge in [0.2, 0.25) is 0 Å². The second kappa shape index (κ2) is 5.31. The summed E-state index contributed by atoms with van der Waals surface area (Å²) in [6, 6.07) is 9.28. The number of hydrogen-bond donors (Lipinski definition) is 1. The molecule has 0 aliphatic heterocycles. The van der Waals surface area contributed by atoms with Gasteiger partial charge in [0.15, 0.2) is 0 Å². The maximum Gasteiger partial charge on any atom is 0.328 e. The third-order valence-electron chi connectivity index (χ3n) is 2.63. The van der Waals surface area contributed by atoms with Gasteiger partial charge in [-0.3, -0.25) is 14.3 Å². The van der Waals surface area contributed by atoms with E-state index < -0.39 is 5.69 Å². The number of rotatable bonds is 3. The van der Waals surface area contributed by atoms with Crippen LogP contribution < -0.4 is 11.2 Å². The Morgan fingerprint density at radius 3 is 2.61 bits per heavy atom. The molecule has 0 amide bonds. The summed E-state index contributed by atoms with van der Waals surface area (Å²) in [7, 11) is 0. The minimum absolute atomic E-state index is 0.358. The molecule has 0 bridgehead atoms. The van der Waals surface area contributed by atoms with Crippen molar-refractivity contribution in [3.63, 3.8) is 0 Å². The van der Waals surface area contributed by atoms with Crippen molar-refractivity contribution in [3.05, 3.63) is 69.5 Å². The number of aromatic amines is 1. The highest BCUT2D eigenvalue weighted by Gasteiger charge is 2.05. The van der Waals surface area contributed by atoms with Gasteiger partial charge in [0, 0.05) is 12.7 Å². The van der Waals surface area contributed by atoms with Crippen LogP contribution in [0.15, 0.2) is 58.3 Å². The van der Waals surface area contributed by atoms with Crippen LogP contribution in [0.4, 0.5) is 0 Å². The lowest BCUT2D eigenvalue weighted by Crippen LogP contribution is -2.30. The molecular weight excluding hydrogens is 228 g/mol. The number of nitrogens with zero attached hydrogens (tertiary/aromatic N) is 1. The fraction of sp³-hybridized carbons (Fsp3) is 0.143. The molecule has 1 N–H and O–H groups in total. The van der Waals surface area contributed by atoms with Crippen molar-refractivity contribution in [3.8, 4) is 11.1 Å². The van der Waals surface area contributed by atoms with Gasteiger partial charge in [-0.25, -0.2) is 4.79 Å². The molecule has 18 heavy (non-hydrogen) atoms. The van der Waals surface area contributed by atoms with E-state index in [1.807, 2.05) is 49.4 Å². The SMILES string of the molecule is C/C=C/Cn1cc(-c2ccccc2)c(=O)[nH]c1=O. The molecule has 0 saturated carbocycles. The third-order valence-corrected chi connectivity index (χ3v) is 2.63. The average Bonchev–Trinajstić information content (AvgIpc) is 2.39. The maximum absolute atomic E-state index is 11.8. The summed E-state index contributed by atoms with van der Waals surface area (Å²) in [6.45, 7) is 2.33. The van der Waals surface area contributed by atoms with E-state index in [-0.39, 0.29) is 5.56 Å². The molecule has 1 aromatic carbocycles. The topological polar surface area (TPSA) is 54.9 Å². The van der Waals surface area contributed by atoms with Crippen molar-refractivity contribution < 1.29 is 0 Å². The van der Waals surface area contributed by atoms with Gasteiger partial charge in [-0.15, -0.1) is 0 Å². The lowest BCUT2D eigenvalue weighted by atomic mass is 10.1. The van der Waals surface area contributed by atoms with E-state index in [9.17, 15) is 9.59 Å². The van der Waals surface area contributed by atoms with Crippen LogP contribution in [-0.2, 0) is 6.54 Å². The highest BCUT2D eigenvalue weighted by atomic mass is 16.2. The number of hydrogen-bond acceptors (Lipinski definition) is 2. The van der Waals surface area contributed by atoms with Gasteiger partial charge in [0.05, 0.1) is 5.56 Å². The van der Waals surface area contributed by atoms with E-state index in [0.717, 1.165) is 5.56 Å². The Kier molecular flexibility index (Phi) is 3.57. The average molecular weight is 242 g/mol. The Hall–Kier alpha value is -2.36. The van der Waals surface area contributed by atoms with E-state index in [2.05, 4.69) is 4.98 Å². The van der Waals surface area contributed by atoms with Crippen LogP contribution in [0.2, 0.25) is 0 Å². The zero-order chi connectivity index (χ0) is 13.0. The number of benzene rings is 1. The summed E-state index contributed by atoms with van der Waals surface area (Å²) >= 11 is 0. The number of allylic oxidation sites excluding steroid dienone is 2. The first kappa shape index (κ1) is 12.1. The fourth-order valence-electron chi connectivity index (χ4n) is 1.69. The van der Waals surface area contributed by atoms with Crippen LogP contribution in [0.25, 0.3) is 11.1 Å². The standard InChI is InChI=1S/C14H14N2O2/c1-2-3-9-16-10-12(13(17)15-14(16)18)11-7-5-4-6-8-11/h2-8,10H,9H2,1H3,(H,15,17,18)/b3-2+. The molecule has 2 rings (SSSR count). The van der Waals surface area contributed by atoms with Crippen molar-refractivity contribution >= 4 is 0 Å². The Morgan fingerprint density at radius 2 is 1.94 bits per heavy atom. The highest BCUT2D eigenvalue weighted by molar-refractivity contribution is 5.60. The van der Waals surface area contributed by atoms with E-state index in [1.165, 1.54) is 4.57 Å². The van der Waals surface area contributed by atoms with Crippen molar-refractivity contribution in [1.29, 1.82) is 0 Å². The van der Waals surface area contributed by atoms with E-state index in [1.54, 1.807) is 6.20 Å². The molecule has 92 valence electrons. The summed E-state index contributed by atoms with van der Waals surface area (Å²) in [5.41, 5.74) is 0.549. The zero-order valence-electron chi connectivity index (χ0n) is 10.1. The molecule has 0 fully saturated rings. The van der Waals surface area contributed by atoms with E-state index in [0.29, 0.717) is 12.1 Å². The molecule has 0 unspecified atom stereocenters. The molecule has 1 aromatic heterocycles. The van der Waals surface area contributed by atoms with Gasteiger partial charge < -0.3 is 0 Å². The van der Waals surface area contributed by atoms with Gasteiger partial charge in [-0.2, -0.15) is 0 Å². The Labute approximate surface area is 104 Å². The summed E-state index contributed by atoms with van der Waals surface area (Å²) in [5, 5.41) is 0. The molecule has 2 aromatic rings. The first-order valence-corrected chi connectivity index (χ1v) is 5.72. The summed E-state index contributed by atoms with van der Waals surface area (Å²) < 4.78 is 1.48. The van der Waals surface area contributed by atoms with Crippen molar-refractivity contribution in [2.75, 3.05) is 0 Å². The van der Waals surface area contributed by atoms with Gasteiger partial charge in [0.25, 0.3) is 5.56 Å². The second-order valence-electron chi connectivity index (χ2n) is 3.89. The zero-order valence-corrected chi connectivity index (χ0v) is 10.1. The monoisotopic (exact) mass is 242 g/mol. The first-order chi connectivity index (χ1) is 8.72. The minimum Gasteiger partial charge on any atom is -0.296 e. The summed E-state index contributed by atoms with van der Waals surface area (Å²) in [6.07, 6.45) is 5.31. The Morgan fingerprint density at radius 1 is 1.22 bits per heavy atom. The second-order valence-corrected chi connectivity index (χ2v) is 3.89. The van der Waals surface area contributed by atoms with Gasteiger partial charge >= 0.3 is 5.69 Å². The van der Waals surface area contributed by atoms with Crippen molar-refractivity contribution in [1.82, 2.24) is 9.55 Å². The van der Waals surface area contributed by atoms with Gasteiger partial charge in [-0.05, 0) is 12.5 Å². The van der Waals surface area contributed by atoms with Gasteiger partial charge in [0.1, 0.15) is 0 Å². The summed E-state index contributed by atoms with van der Waals surface area (Å²) in [4.78, 5) is 25.7. The van der Waals surface area contributed by atoms with Crippen molar-refractivity contribution in [2.45, 2.75) is 13.5 Å². The van der Waals surface area contributed by atoms with Crippen LogP contribution in [0.1, 0.15) is 6.92 Å². The molecule has 4 heteroatoms. The van der Waals surface area contributed by atoms with Crippen LogP contribution in [0.3, 0.4) is 0 Å². The minimum atomic E-state index is -0.391. The van der Waals surface area contributed by atoms with Crippen LogP contribution in [-0.4, -0.2) is 9.55 Å². The quantitative estimate of drug-likeness (QED) is 0.834. The number of nitrogens with one attached hydrogen (secondary N) is 1. The van der Waals surface area contributed by atoms with Crippen LogP contribution in [0.5, 0.6) is 0 Å². The molecule has 0 aliphatic rings. The molecule has 0 spiro atoms. The molecule has 0 aliphatic carbocycles. The van der Waals surface area contributed by atoms with Gasteiger partial charge in [-0.1, -0.05) is 42.5 Å². The predicted octanol–water partition coefficient (Wildman–Crippen LogP) is 1.78. The Balaban J connectivity index is 2.55. The molecule has 0 saturated heterocycles. The smallest absolute Gasteiger partial charge is 0.296 e. The number of H-pyrrole nitrogens is 1. The molecule has 0 radical (unpaired) electrons. The lowest BCUT2D eigenvalue weighted by Gasteiger charge is -2.05. The third kappa shape index (κ3) is 2.48. The molecule has 0 atom stereocenters. The Bertz CT molecular complexity index is 666. The predicted molar refractivity (Wildman–Crippen MR) is 71.6 cm³/mol. The van der Waals surface area contributed by atoms with Crippen LogP contribution >= 0.6 is 0 Å². The van der Waals surface area contributed by atoms with Crippen LogP contribution in [0, 0.1) is 0 Å². The maximum atomic E-state index is 11.8. The number of aromatic nitrogens is 2.